The van der Waals surface area contributed by atoms with Crippen molar-refractivity contribution in [2.24, 2.45) is 10.7 Å². The highest BCUT2D eigenvalue weighted by atomic mass is 16.5. The highest BCUT2D eigenvalue weighted by molar-refractivity contribution is 5.94. The van der Waals surface area contributed by atoms with E-state index in [1.165, 1.54) is 0 Å². The standard InChI is InChI=1S/C22H31N3O3/c1-4-27-19-11-12-21(28-5-2)20(14-19)25-22(23)24-15-18(13-16(3)26)17-9-7-6-8-10-17/h6-12,14,16,18,26H,4-5,13,15H2,1-3H3,(H3,23,24,25). The fourth-order valence-electron chi connectivity index (χ4n) is 2.98. The number of hydrogen-bond acceptors (Lipinski definition) is 4. The van der Waals surface area contributed by atoms with Crippen LogP contribution in [0.25, 0.3) is 0 Å². The summed E-state index contributed by atoms with van der Waals surface area (Å²) in [6, 6.07) is 15.6. The van der Waals surface area contributed by atoms with E-state index in [4.69, 9.17) is 15.2 Å². The SMILES string of the molecule is CCOc1ccc(OCC)c(NC(N)=NCC(CC(C)O)c2ccccc2)c1. The van der Waals surface area contributed by atoms with Crippen LogP contribution in [0.2, 0.25) is 0 Å². The number of guanidine groups is 1. The molecule has 2 rings (SSSR count). The van der Waals surface area contributed by atoms with Gasteiger partial charge in [-0.3, -0.25) is 4.99 Å². The molecule has 6 heteroatoms. The molecular weight excluding hydrogens is 354 g/mol. The Labute approximate surface area is 167 Å². The molecule has 0 fully saturated rings. The van der Waals surface area contributed by atoms with Crippen molar-refractivity contribution < 1.29 is 14.6 Å². The summed E-state index contributed by atoms with van der Waals surface area (Å²) in [5.41, 5.74) is 7.97. The van der Waals surface area contributed by atoms with Gasteiger partial charge in [0.25, 0.3) is 0 Å². The van der Waals surface area contributed by atoms with E-state index in [2.05, 4.69) is 10.3 Å². The zero-order valence-corrected chi connectivity index (χ0v) is 16.9. The van der Waals surface area contributed by atoms with Crippen LogP contribution < -0.4 is 20.5 Å². The molecule has 0 saturated heterocycles. The van der Waals surface area contributed by atoms with Gasteiger partial charge in [-0.15, -0.1) is 0 Å². The maximum atomic E-state index is 9.84. The molecule has 0 amide bonds. The van der Waals surface area contributed by atoms with Crippen molar-refractivity contribution in [1.29, 1.82) is 0 Å². The average Bonchev–Trinajstić information content (AvgIpc) is 2.68. The molecule has 2 atom stereocenters. The molecule has 4 N–H and O–H groups in total. The molecule has 2 aromatic rings. The zero-order valence-electron chi connectivity index (χ0n) is 16.9. The van der Waals surface area contributed by atoms with Crippen molar-refractivity contribution in [2.45, 2.75) is 39.2 Å². The first-order chi connectivity index (χ1) is 13.5. The lowest BCUT2D eigenvalue weighted by molar-refractivity contribution is 0.175. The van der Waals surface area contributed by atoms with Crippen LogP contribution in [0, 0.1) is 0 Å². The van der Waals surface area contributed by atoms with Crippen LogP contribution in [0.1, 0.15) is 38.7 Å². The maximum absolute atomic E-state index is 9.84. The summed E-state index contributed by atoms with van der Waals surface area (Å²) in [6.45, 7) is 7.25. The first kappa shape index (κ1) is 21.6. The summed E-state index contributed by atoms with van der Waals surface area (Å²) in [4.78, 5) is 4.50. The lowest BCUT2D eigenvalue weighted by Gasteiger charge is -2.18. The fraction of sp³-hybridized carbons (Fsp3) is 0.409. The molecule has 6 nitrogen and oxygen atoms in total. The number of rotatable bonds is 10. The molecule has 0 saturated carbocycles. The molecule has 152 valence electrons. The monoisotopic (exact) mass is 385 g/mol. The lowest BCUT2D eigenvalue weighted by atomic mass is 9.93. The quantitative estimate of drug-likeness (QED) is 0.428. The number of aliphatic hydroxyl groups excluding tert-OH is 1. The van der Waals surface area contributed by atoms with Crippen LogP contribution >= 0.6 is 0 Å². The van der Waals surface area contributed by atoms with Crippen molar-refractivity contribution in [3.05, 3.63) is 54.1 Å². The molecule has 2 unspecified atom stereocenters. The Balaban J connectivity index is 2.14. The van der Waals surface area contributed by atoms with Gasteiger partial charge in [0.05, 0.1) is 25.0 Å². The topological polar surface area (TPSA) is 89.1 Å². The minimum Gasteiger partial charge on any atom is -0.494 e. The zero-order chi connectivity index (χ0) is 20.4. The number of ether oxygens (including phenoxy) is 2. The van der Waals surface area contributed by atoms with E-state index in [1.54, 1.807) is 6.92 Å². The third kappa shape index (κ3) is 6.78. The Morgan fingerprint density at radius 3 is 2.46 bits per heavy atom. The molecular formula is C22H31N3O3. The van der Waals surface area contributed by atoms with Gasteiger partial charge < -0.3 is 25.6 Å². The maximum Gasteiger partial charge on any atom is 0.193 e. The highest BCUT2D eigenvalue weighted by Crippen LogP contribution is 2.29. The molecule has 0 aliphatic carbocycles. The second kappa shape index (κ2) is 11.2. The first-order valence-corrected chi connectivity index (χ1v) is 9.73. The van der Waals surface area contributed by atoms with Gasteiger partial charge in [-0.05, 0) is 44.9 Å². The largest absolute Gasteiger partial charge is 0.494 e. The van der Waals surface area contributed by atoms with Gasteiger partial charge in [-0.2, -0.15) is 0 Å². The number of aliphatic hydroxyl groups is 1. The number of benzene rings is 2. The van der Waals surface area contributed by atoms with E-state index in [0.717, 1.165) is 11.3 Å². The number of anilines is 1. The van der Waals surface area contributed by atoms with Gasteiger partial charge in [0, 0.05) is 18.5 Å². The summed E-state index contributed by atoms with van der Waals surface area (Å²) in [7, 11) is 0. The van der Waals surface area contributed by atoms with Crippen molar-refractivity contribution in [1.82, 2.24) is 0 Å². The van der Waals surface area contributed by atoms with E-state index in [-0.39, 0.29) is 5.92 Å². The Bertz CT molecular complexity index is 748. The fourth-order valence-corrected chi connectivity index (χ4v) is 2.98. The number of nitrogens with zero attached hydrogens (tertiary/aromatic N) is 1. The third-order valence-electron chi connectivity index (χ3n) is 4.20. The number of aliphatic imine (C=N–C) groups is 1. The second-order valence-electron chi connectivity index (χ2n) is 6.57. The summed E-state index contributed by atoms with van der Waals surface area (Å²) in [5.74, 6) is 1.80. The molecule has 0 aliphatic heterocycles. The normalized spacial score (nSPS) is 13.6. The Kier molecular flexibility index (Phi) is 8.62. The van der Waals surface area contributed by atoms with Gasteiger partial charge in [-0.25, -0.2) is 0 Å². The van der Waals surface area contributed by atoms with Crippen molar-refractivity contribution in [3.8, 4) is 11.5 Å². The van der Waals surface area contributed by atoms with Crippen LogP contribution in [0.15, 0.2) is 53.5 Å². The van der Waals surface area contributed by atoms with Gasteiger partial charge in [0.1, 0.15) is 11.5 Å². The number of nitrogens with one attached hydrogen (secondary N) is 1. The van der Waals surface area contributed by atoms with Crippen molar-refractivity contribution in [3.63, 3.8) is 0 Å². The molecule has 0 spiro atoms. The number of nitrogens with two attached hydrogens (primary N) is 1. The molecule has 0 heterocycles. The molecule has 28 heavy (non-hydrogen) atoms. The minimum atomic E-state index is -0.415. The molecule has 0 radical (unpaired) electrons. The summed E-state index contributed by atoms with van der Waals surface area (Å²) in [5, 5.41) is 12.9. The highest BCUT2D eigenvalue weighted by Gasteiger charge is 2.14. The molecule has 0 aliphatic rings. The van der Waals surface area contributed by atoms with Crippen LogP contribution in [-0.2, 0) is 0 Å². The van der Waals surface area contributed by atoms with Crippen LogP contribution in [0.4, 0.5) is 5.69 Å². The predicted octanol–water partition coefficient (Wildman–Crippen LogP) is 3.77. The molecule has 0 aromatic heterocycles. The van der Waals surface area contributed by atoms with E-state index in [0.29, 0.717) is 43.6 Å². The van der Waals surface area contributed by atoms with Crippen molar-refractivity contribution >= 4 is 11.6 Å². The van der Waals surface area contributed by atoms with E-state index < -0.39 is 6.10 Å². The summed E-state index contributed by atoms with van der Waals surface area (Å²) < 4.78 is 11.2. The smallest absolute Gasteiger partial charge is 0.193 e. The Hall–Kier alpha value is -2.73. The van der Waals surface area contributed by atoms with Gasteiger partial charge in [-0.1, -0.05) is 30.3 Å². The molecule has 0 bridgehead atoms. The Morgan fingerprint density at radius 2 is 1.82 bits per heavy atom. The third-order valence-corrected chi connectivity index (χ3v) is 4.20. The average molecular weight is 386 g/mol. The summed E-state index contributed by atoms with van der Waals surface area (Å²) >= 11 is 0. The summed E-state index contributed by atoms with van der Waals surface area (Å²) in [6.07, 6.45) is 0.201. The first-order valence-electron chi connectivity index (χ1n) is 9.73. The van der Waals surface area contributed by atoms with E-state index in [9.17, 15) is 5.11 Å². The van der Waals surface area contributed by atoms with Crippen LogP contribution in [0.5, 0.6) is 11.5 Å². The van der Waals surface area contributed by atoms with Crippen LogP contribution in [0.3, 0.4) is 0 Å². The molecule has 2 aromatic carbocycles. The Morgan fingerprint density at radius 1 is 1.11 bits per heavy atom. The van der Waals surface area contributed by atoms with Crippen LogP contribution in [-0.4, -0.2) is 36.9 Å². The second-order valence-corrected chi connectivity index (χ2v) is 6.57. The number of hydrogen-bond donors (Lipinski definition) is 3. The van der Waals surface area contributed by atoms with Gasteiger partial charge >= 0.3 is 0 Å². The predicted molar refractivity (Wildman–Crippen MR) is 114 cm³/mol. The lowest BCUT2D eigenvalue weighted by Crippen LogP contribution is -2.24. The van der Waals surface area contributed by atoms with E-state index in [1.807, 2.05) is 62.4 Å². The van der Waals surface area contributed by atoms with Crippen molar-refractivity contribution in [2.75, 3.05) is 25.1 Å². The van der Waals surface area contributed by atoms with Gasteiger partial charge in [0.2, 0.25) is 0 Å². The van der Waals surface area contributed by atoms with E-state index >= 15 is 0 Å². The minimum absolute atomic E-state index is 0.0858. The van der Waals surface area contributed by atoms with Gasteiger partial charge in [0.15, 0.2) is 5.96 Å².